The summed E-state index contributed by atoms with van der Waals surface area (Å²) in [6.45, 7) is 4.04. The second-order valence-electron chi connectivity index (χ2n) is 7.23. The number of thiophene rings is 1. The Bertz CT molecular complexity index is 1490. The van der Waals surface area contributed by atoms with Crippen LogP contribution in [-0.2, 0) is 21.4 Å². The minimum Gasteiger partial charge on any atom is -0.467 e. The first-order chi connectivity index (χ1) is 15.6. The van der Waals surface area contributed by atoms with Gasteiger partial charge in [0, 0.05) is 10.6 Å². The maximum Gasteiger partial charge on any atom is 0.263 e. The van der Waals surface area contributed by atoms with Gasteiger partial charge in [-0.1, -0.05) is 11.8 Å². The molecular formula is C21H20N4O5S3. The molecule has 4 aromatic rings. The number of hydrogen-bond acceptors (Lipinski definition) is 8. The molecule has 3 heterocycles. The van der Waals surface area contributed by atoms with Crippen LogP contribution >= 0.6 is 23.1 Å². The second kappa shape index (κ2) is 9.14. The van der Waals surface area contributed by atoms with Crippen LogP contribution in [0.5, 0.6) is 0 Å². The van der Waals surface area contributed by atoms with Gasteiger partial charge < -0.3 is 9.73 Å². The molecule has 9 nitrogen and oxygen atoms in total. The van der Waals surface area contributed by atoms with Crippen molar-refractivity contribution in [3.8, 4) is 0 Å². The summed E-state index contributed by atoms with van der Waals surface area (Å²) in [5, 5.41) is 8.76. The Labute approximate surface area is 197 Å². The number of furan rings is 1. The molecule has 0 fully saturated rings. The van der Waals surface area contributed by atoms with Crippen molar-refractivity contribution in [1.82, 2.24) is 9.55 Å². The number of primary sulfonamides is 1. The highest BCUT2D eigenvalue weighted by atomic mass is 32.2. The third-order valence-corrected chi connectivity index (χ3v) is 7.95. The average molecular weight is 505 g/mol. The first-order valence-electron chi connectivity index (χ1n) is 9.72. The van der Waals surface area contributed by atoms with Gasteiger partial charge >= 0.3 is 0 Å². The van der Waals surface area contributed by atoms with Crippen molar-refractivity contribution in [2.45, 2.75) is 30.4 Å². The van der Waals surface area contributed by atoms with E-state index in [1.165, 1.54) is 46.4 Å². The van der Waals surface area contributed by atoms with Crippen LogP contribution in [0.4, 0.5) is 5.69 Å². The van der Waals surface area contributed by atoms with Gasteiger partial charge in [-0.2, -0.15) is 0 Å². The van der Waals surface area contributed by atoms with Gasteiger partial charge in [-0.05, 0) is 55.8 Å². The van der Waals surface area contributed by atoms with Gasteiger partial charge in [0.15, 0.2) is 5.16 Å². The zero-order valence-corrected chi connectivity index (χ0v) is 20.1. The van der Waals surface area contributed by atoms with Gasteiger partial charge in [-0.15, -0.1) is 11.3 Å². The van der Waals surface area contributed by atoms with E-state index in [0.717, 1.165) is 22.2 Å². The first kappa shape index (κ1) is 23.2. The van der Waals surface area contributed by atoms with Crippen molar-refractivity contribution in [2.75, 3.05) is 11.1 Å². The number of aromatic nitrogens is 2. The molecule has 0 radical (unpaired) electrons. The normalized spacial score (nSPS) is 11.7. The third-order valence-electron chi connectivity index (χ3n) is 4.95. The van der Waals surface area contributed by atoms with Crippen LogP contribution in [-0.4, -0.2) is 29.6 Å². The Kier molecular flexibility index (Phi) is 6.43. The standard InChI is InChI=1S/C21H20N4O5S3/c1-12-13(2)32-19-18(12)20(27)25(10-15-4-3-9-30-15)21(24-19)31-11-17(26)23-14-5-7-16(8-6-14)33(22,28)29/h3-9H,10-11H2,1-2H3,(H,23,26)(H2,22,28,29). The summed E-state index contributed by atoms with van der Waals surface area (Å²) >= 11 is 2.58. The number of fused-ring (bicyclic) bond motifs is 1. The topological polar surface area (TPSA) is 137 Å². The van der Waals surface area contributed by atoms with E-state index in [9.17, 15) is 18.0 Å². The van der Waals surface area contributed by atoms with E-state index in [1.807, 2.05) is 13.8 Å². The maximum absolute atomic E-state index is 13.3. The molecule has 0 aliphatic heterocycles. The number of sulfonamides is 1. The van der Waals surface area contributed by atoms with Gasteiger partial charge in [0.25, 0.3) is 5.56 Å². The van der Waals surface area contributed by atoms with Crippen LogP contribution in [0.1, 0.15) is 16.2 Å². The number of anilines is 1. The number of nitrogens with one attached hydrogen (secondary N) is 1. The average Bonchev–Trinajstić information content (AvgIpc) is 3.36. The largest absolute Gasteiger partial charge is 0.467 e. The number of rotatable bonds is 7. The molecule has 3 N–H and O–H groups in total. The first-order valence-corrected chi connectivity index (χ1v) is 13.1. The lowest BCUT2D eigenvalue weighted by molar-refractivity contribution is -0.113. The van der Waals surface area contributed by atoms with E-state index in [4.69, 9.17) is 9.56 Å². The fourth-order valence-corrected chi connectivity index (χ4v) is 5.56. The van der Waals surface area contributed by atoms with Gasteiger partial charge in [0.05, 0.1) is 28.8 Å². The van der Waals surface area contributed by atoms with Crippen molar-refractivity contribution in [2.24, 2.45) is 5.14 Å². The molecular weight excluding hydrogens is 484 g/mol. The number of amides is 1. The summed E-state index contributed by atoms with van der Waals surface area (Å²) in [4.78, 5) is 32.0. The number of hydrogen-bond donors (Lipinski definition) is 2. The molecule has 1 amide bonds. The molecule has 4 rings (SSSR count). The van der Waals surface area contributed by atoms with E-state index in [2.05, 4.69) is 10.3 Å². The quantitative estimate of drug-likeness (QED) is 0.291. The van der Waals surface area contributed by atoms with Crippen LogP contribution in [0.25, 0.3) is 10.2 Å². The summed E-state index contributed by atoms with van der Waals surface area (Å²) in [6.07, 6.45) is 1.54. The Morgan fingerprint density at radius 2 is 1.97 bits per heavy atom. The zero-order valence-electron chi connectivity index (χ0n) is 17.7. The molecule has 12 heteroatoms. The van der Waals surface area contributed by atoms with Gasteiger partial charge in [-0.3, -0.25) is 14.2 Å². The molecule has 172 valence electrons. The number of nitrogens with zero attached hydrogens (tertiary/aromatic N) is 2. The van der Waals surface area contributed by atoms with E-state index >= 15 is 0 Å². The molecule has 0 atom stereocenters. The van der Waals surface area contributed by atoms with Crippen LogP contribution in [0.15, 0.2) is 61.9 Å². The number of thioether (sulfide) groups is 1. The molecule has 0 unspecified atom stereocenters. The minimum absolute atomic E-state index is 0.00359. The lowest BCUT2D eigenvalue weighted by atomic mass is 10.2. The SMILES string of the molecule is Cc1sc2nc(SCC(=O)Nc3ccc(S(N)(=O)=O)cc3)n(Cc3ccco3)c(=O)c2c1C. The number of nitrogens with two attached hydrogens (primary N) is 1. The minimum atomic E-state index is -3.81. The van der Waals surface area contributed by atoms with Crippen LogP contribution < -0.4 is 16.0 Å². The van der Waals surface area contributed by atoms with Crippen molar-refractivity contribution in [3.63, 3.8) is 0 Å². The smallest absolute Gasteiger partial charge is 0.263 e. The summed E-state index contributed by atoms with van der Waals surface area (Å²) in [5.41, 5.74) is 1.14. The van der Waals surface area contributed by atoms with E-state index in [1.54, 1.807) is 12.1 Å². The maximum atomic E-state index is 13.3. The van der Waals surface area contributed by atoms with Crippen LogP contribution in [0.2, 0.25) is 0 Å². The number of aryl methyl sites for hydroxylation is 2. The fourth-order valence-electron chi connectivity index (χ4n) is 3.17. The summed E-state index contributed by atoms with van der Waals surface area (Å²) in [6, 6.07) is 9.06. The van der Waals surface area contributed by atoms with Crippen molar-refractivity contribution in [3.05, 3.63) is 69.2 Å². The van der Waals surface area contributed by atoms with E-state index in [0.29, 0.717) is 26.8 Å². The molecule has 33 heavy (non-hydrogen) atoms. The number of carbonyl (C=O) groups excluding carboxylic acids is 1. The van der Waals surface area contributed by atoms with Gasteiger partial charge in [0.2, 0.25) is 15.9 Å². The lowest BCUT2D eigenvalue weighted by Crippen LogP contribution is -2.24. The summed E-state index contributed by atoms with van der Waals surface area (Å²) < 4.78 is 29.6. The highest BCUT2D eigenvalue weighted by Gasteiger charge is 2.19. The molecule has 0 saturated carbocycles. The van der Waals surface area contributed by atoms with E-state index in [-0.39, 0.29) is 28.7 Å². The Morgan fingerprint density at radius 1 is 1.24 bits per heavy atom. The highest BCUT2D eigenvalue weighted by molar-refractivity contribution is 7.99. The summed E-state index contributed by atoms with van der Waals surface area (Å²) in [7, 11) is -3.81. The van der Waals surface area contributed by atoms with Crippen LogP contribution in [0, 0.1) is 13.8 Å². The third kappa shape index (κ3) is 5.03. The van der Waals surface area contributed by atoms with Crippen molar-refractivity contribution in [1.29, 1.82) is 0 Å². The molecule has 1 aromatic carbocycles. The van der Waals surface area contributed by atoms with E-state index < -0.39 is 10.0 Å². The predicted molar refractivity (Wildman–Crippen MR) is 128 cm³/mol. The fraction of sp³-hybridized carbons (Fsp3) is 0.190. The number of carbonyl (C=O) groups is 1. The monoisotopic (exact) mass is 504 g/mol. The Morgan fingerprint density at radius 3 is 2.61 bits per heavy atom. The molecule has 0 aliphatic rings. The zero-order chi connectivity index (χ0) is 23.8. The Balaban J connectivity index is 1.57. The van der Waals surface area contributed by atoms with Crippen molar-refractivity contribution < 1.29 is 17.6 Å². The molecule has 3 aromatic heterocycles. The predicted octanol–water partition coefficient (Wildman–Crippen LogP) is 3.09. The molecule has 0 spiro atoms. The second-order valence-corrected chi connectivity index (χ2v) is 10.9. The highest BCUT2D eigenvalue weighted by Crippen LogP contribution is 2.29. The van der Waals surface area contributed by atoms with Gasteiger partial charge in [-0.25, -0.2) is 18.5 Å². The van der Waals surface area contributed by atoms with Crippen LogP contribution in [0.3, 0.4) is 0 Å². The summed E-state index contributed by atoms with van der Waals surface area (Å²) in [5.74, 6) is 0.265. The molecule has 0 saturated heterocycles. The number of benzene rings is 1. The Hall–Kier alpha value is -2.93. The van der Waals surface area contributed by atoms with Gasteiger partial charge in [0.1, 0.15) is 10.6 Å². The molecule has 0 aliphatic carbocycles. The lowest BCUT2D eigenvalue weighted by Gasteiger charge is -2.11. The molecule has 0 bridgehead atoms. The van der Waals surface area contributed by atoms with Crippen molar-refractivity contribution >= 4 is 54.9 Å².